The molecule has 20 heavy (non-hydrogen) atoms. The molecule has 1 aliphatic rings. The summed E-state index contributed by atoms with van der Waals surface area (Å²) in [4.78, 5) is 15.2. The van der Waals surface area contributed by atoms with Crippen LogP contribution in [0.2, 0.25) is 0 Å². The number of nitrogens with two attached hydrogens (primary N) is 1. The lowest BCUT2D eigenvalue weighted by Gasteiger charge is -2.16. The average molecular weight is 294 g/mol. The highest BCUT2D eigenvalue weighted by molar-refractivity contribution is 7.99. The number of amides is 1. The van der Waals surface area contributed by atoms with Crippen molar-refractivity contribution in [3.63, 3.8) is 0 Å². The van der Waals surface area contributed by atoms with Crippen LogP contribution in [0, 0.1) is 5.92 Å². The number of nitrogens with zero attached hydrogens (tertiary/aromatic N) is 1. The molecule has 0 spiro atoms. The summed E-state index contributed by atoms with van der Waals surface area (Å²) in [5.74, 6) is 2.42. The third kappa shape index (κ3) is 4.15. The molecule has 1 unspecified atom stereocenters. The Kier molecular flexibility index (Phi) is 5.73. The summed E-state index contributed by atoms with van der Waals surface area (Å²) in [5.41, 5.74) is 5.64. The van der Waals surface area contributed by atoms with Gasteiger partial charge in [0.05, 0.1) is 7.11 Å². The minimum atomic E-state index is 0.252. The highest BCUT2D eigenvalue weighted by Crippen LogP contribution is 2.23. The number of carbonyl (C=O) groups is 1. The zero-order chi connectivity index (χ0) is 14.4. The van der Waals surface area contributed by atoms with Crippen molar-refractivity contribution in [3.8, 4) is 5.75 Å². The Bertz CT molecular complexity index is 436. The van der Waals surface area contributed by atoms with Crippen LogP contribution in [0.15, 0.2) is 29.2 Å². The van der Waals surface area contributed by atoms with Crippen molar-refractivity contribution >= 4 is 17.7 Å². The van der Waals surface area contributed by atoms with E-state index in [0.29, 0.717) is 18.9 Å². The van der Waals surface area contributed by atoms with Crippen LogP contribution in [0.3, 0.4) is 0 Å². The molecular formula is C15H22N2O2S. The Labute approximate surface area is 124 Å². The molecular weight excluding hydrogens is 272 g/mol. The molecule has 1 aromatic rings. The summed E-state index contributed by atoms with van der Waals surface area (Å²) in [6, 6.07) is 7.93. The van der Waals surface area contributed by atoms with Crippen LogP contribution < -0.4 is 10.5 Å². The maximum atomic E-state index is 12.0. The van der Waals surface area contributed by atoms with Gasteiger partial charge in [0.15, 0.2) is 0 Å². The van der Waals surface area contributed by atoms with E-state index in [1.807, 2.05) is 29.2 Å². The van der Waals surface area contributed by atoms with Crippen LogP contribution in [0.1, 0.15) is 12.8 Å². The molecule has 1 heterocycles. The SMILES string of the molecule is COc1ccc(SCCC(=O)N2CCC(CN)C2)cc1. The number of hydrogen-bond donors (Lipinski definition) is 1. The largest absolute Gasteiger partial charge is 0.497 e. The molecule has 5 heteroatoms. The van der Waals surface area contributed by atoms with Gasteiger partial charge in [-0.2, -0.15) is 0 Å². The molecule has 0 aromatic heterocycles. The summed E-state index contributed by atoms with van der Waals surface area (Å²) in [7, 11) is 1.66. The van der Waals surface area contributed by atoms with Crippen molar-refractivity contribution in [3.05, 3.63) is 24.3 Å². The van der Waals surface area contributed by atoms with E-state index < -0.39 is 0 Å². The lowest BCUT2D eigenvalue weighted by Crippen LogP contribution is -2.30. The van der Waals surface area contributed by atoms with E-state index >= 15 is 0 Å². The molecule has 110 valence electrons. The lowest BCUT2D eigenvalue weighted by atomic mass is 10.1. The Balaban J connectivity index is 1.71. The van der Waals surface area contributed by atoms with Gasteiger partial charge in [-0.25, -0.2) is 0 Å². The fraction of sp³-hybridized carbons (Fsp3) is 0.533. The fourth-order valence-electron chi connectivity index (χ4n) is 2.34. The number of thioether (sulfide) groups is 1. The Morgan fingerprint density at radius 1 is 1.45 bits per heavy atom. The number of hydrogen-bond acceptors (Lipinski definition) is 4. The van der Waals surface area contributed by atoms with E-state index in [1.165, 1.54) is 4.90 Å². The van der Waals surface area contributed by atoms with Gasteiger partial charge in [-0.15, -0.1) is 11.8 Å². The van der Waals surface area contributed by atoms with Crippen molar-refractivity contribution in [1.29, 1.82) is 0 Å². The van der Waals surface area contributed by atoms with E-state index in [-0.39, 0.29) is 5.91 Å². The minimum absolute atomic E-state index is 0.252. The van der Waals surface area contributed by atoms with Gasteiger partial charge in [0.1, 0.15) is 5.75 Å². The first-order valence-electron chi connectivity index (χ1n) is 6.97. The Hall–Kier alpha value is -1.20. The highest BCUT2D eigenvalue weighted by atomic mass is 32.2. The molecule has 1 atom stereocenters. The fourth-order valence-corrected chi connectivity index (χ4v) is 3.18. The van der Waals surface area contributed by atoms with E-state index in [9.17, 15) is 4.79 Å². The van der Waals surface area contributed by atoms with Gasteiger partial charge in [-0.05, 0) is 43.1 Å². The highest BCUT2D eigenvalue weighted by Gasteiger charge is 2.24. The number of methoxy groups -OCH3 is 1. The van der Waals surface area contributed by atoms with Crippen LogP contribution >= 0.6 is 11.8 Å². The van der Waals surface area contributed by atoms with E-state index in [4.69, 9.17) is 10.5 Å². The molecule has 2 rings (SSSR count). The van der Waals surface area contributed by atoms with Gasteiger partial charge in [0.2, 0.25) is 5.91 Å². The smallest absolute Gasteiger partial charge is 0.223 e. The third-order valence-corrected chi connectivity index (χ3v) is 4.63. The van der Waals surface area contributed by atoms with Crippen molar-refractivity contribution < 1.29 is 9.53 Å². The zero-order valence-electron chi connectivity index (χ0n) is 11.9. The van der Waals surface area contributed by atoms with Crippen LogP contribution in [0.25, 0.3) is 0 Å². The van der Waals surface area contributed by atoms with E-state index in [2.05, 4.69) is 0 Å². The van der Waals surface area contributed by atoms with Crippen LogP contribution in [0.4, 0.5) is 0 Å². The summed E-state index contributed by atoms with van der Waals surface area (Å²) in [6.45, 7) is 2.39. The van der Waals surface area contributed by atoms with Gasteiger partial charge < -0.3 is 15.4 Å². The number of benzene rings is 1. The minimum Gasteiger partial charge on any atom is -0.497 e. The van der Waals surface area contributed by atoms with Crippen LogP contribution in [0.5, 0.6) is 5.75 Å². The van der Waals surface area contributed by atoms with Gasteiger partial charge in [-0.3, -0.25) is 4.79 Å². The first-order chi connectivity index (χ1) is 9.72. The molecule has 1 aliphatic heterocycles. The third-order valence-electron chi connectivity index (χ3n) is 3.62. The molecule has 0 aliphatic carbocycles. The van der Waals surface area contributed by atoms with Crippen molar-refractivity contribution in [1.82, 2.24) is 4.90 Å². The molecule has 1 aromatic carbocycles. The van der Waals surface area contributed by atoms with Crippen molar-refractivity contribution in [2.24, 2.45) is 11.7 Å². The first-order valence-corrected chi connectivity index (χ1v) is 7.96. The van der Waals surface area contributed by atoms with Crippen LogP contribution in [-0.2, 0) is 4.79 Å². The molecule has 0 bridgehead atoms. The van der Waals surface area contributed by atoms with Gasteiger partial charge >= 0.3 is 0 Å². The molecule has 0 saturated carbocycles. The maximum Gasteiger partial charge on any atom is 0.223 e. The second-order valence-corrected chi connectivity index (χ2v) is 6.17. The predicted octanol–water partition coefficient (Wildman–Crippen LogP) is 1.98. The normalized spacial score (nSPS) is 18.3. The van der Waals surface area contributed by atoms with Crippen molar-refractivity contribution in [2.75, 3.05) is 32.5 Å². The second-order valence-electron chi connectivity index (χ2n) is 5.00. The molecule has 1 saturated heterocycles. The lowest BCUT2D eigenvalue weighted by molar-refractivity contribution is -0.129. The van der Waals surface area contributed by atoms with E-state index in [1.54, 1.807) is 18.9 Å². The van der Waals surface area contributed by atoms with Crippen LogP contribution in [-0.4, -0.2) is 43.3 Å². The number of carbonyl (C=O) groups excluding carboxylic acids is 1. The Morgan fingerprint density at radius 2 is 2.20 bits per heavy atom. The Morgan fingerprint density at radius 3 is 2.80 bits per heavy atom. The van der Waals surface area contributed by atoms with Gasteiger partial charge in [0.25, 0.3) is 0 Å². The molecule has 0 radical (unpaired) electrons. The monoisotopic (exact) mass is 294 g/mol. The van der Waals surface area contributed by atoms with Gasteiger partial charge in [0, 0.05) is 30.2 Å². The molecule has 1 amide bonds. The second kappa shape index (κ2) is 7.55. The van der Waals surface area contributed by atoms with E-state index in [0.717, 1.165) is 31.0 Å². The first kappa shape index (κ1) is 15.2. The summed E-state index contributed by atoms with van der Waals surface area (Å²) in [6.07, 6.45) is 1.64. The van der Waals surface area contributed by atoms with Crippen molar-refractivity contribution in [2.45, 2.75) is 17.7 Å². The summed E-state index contributed by atoms with van der Waals surface area (Å²) >= 11 is 1.71. The standard InChI is InChI=1S/C15H22N2O2S/c1-19-13-2-4-14(5-3-13)20-9-7-15(18)17-8-6-12(10-16)11-17/h2-5,12H,6-11,16H2,1H3. The molecule has 1 fully saturated rings. The topological polar surface area (TPSA) is 55.6 Å². The zero-order valence-corrected chi connectivity index (χ0v) is 12.7. The number of likely N-dealkylation sites (tertiary alicyclic amines) is 1. The number of ether oxygens (including phenoxy) is 1. The summed E-state index contributed by atoms with van der Waals surface area (Å²) < 4.78 is 5.12. The molecule has 4 nitrogen and oxygen atoms in total. The number of rotatable bonds is 6. The summed E-state index contributed by atoms with van der Waals surface area (Å²) in [5, 5.41) is 0. The molecule has 2 N–H and O–H groups in total. The maximum absolute atomic E-state index is 12.0. The quantitative estimate of drug-likeness (QED) is 0.815. The van der Waals surface area contributed by atoms with Gasteiger partial charge in [-0.1, -0.05) is 0 Å². The average Bonchev–Trinajstić information content (AvgIpc) is 2.97. The predicted molar refractivity (Wildman–Crippen MR) is 82.1 cm³/mol.